The van der Waals surface area contributed by atoms with Gasteiger partial charge in [-0.25, -0.2) is 4.98 Å². The molecule has 3 heterocycles. The number of amides is 1. The first-order valence-electron chi connectivity index (χ1n) is 10.8. The van der Waals surface area contributed by atoms with Gasteiger partial charge in [0.2, 0.25) is 0 Å². The second-order valence-electron chi connectivity index (χ2n) is 8.16. The molecule has 6 nitrogen and oxygen atoms in total. The molecule has 1 amide bonds. The Hall–Kier alpha value is -3.25. The first-order valence-corrected chi connectivity index (χ1v) is 10.8. The number of nitrogens with two attached hydrogens (primary N) is 1. The molecule has 0 saturated heterocycles. The van der Waals surface area contributed by atoms with Crippen LogP contribution in [0, 0.1) is 0 Å². The predicted octanol–water partition coefficient (Wildman–Crippen LogP) is 3.54. The number of rotatable bonds is 7. The second-order valence-corrected chi connectivity index (χ2v) is 8.16. The minimum atomic E-state index is -0.215. The lowest BCUT2D eigenvalue weighted by Gasteiger charge is -2.29. The molecule has 4 rings (SSSR count). The fourth-order valence-corrected chi connectivity index (χ4v) is 4.01. The number of pyridine rings is 2. The first kappa shape index (κ1) is 21.0. The minimum Gasteiger partial charge on any atom is -0.383 e. The number of fused-ring (bicyclic) bond motifs is 1. The third-order valence-electron chi connectivity index (χ3n) is 5.93. The highest BCUT2D eigenvalue weighted by Crippen LogP contribution is 2.24. The van der Waals surface area contributed by atoms with Crippen molar-refractivity contribution in [3.05, 3.63) is 88.9 Å². The molecule has 6 heteroatoms. The van der Waals surface area contributed by atoms with E-state index in [1.54, 1.807) is 6.20 Å². The molecular weight excluding hydrogens is 386 g/mol. The Morgan fingerprint density at radius 2 is 2.00 bits per heavy atom. The van der Waals surface area contributed by atoms with E-state index in [1.165, 1.54) is 5.56 Å². The maximum Gasteiger partial charge on any atom is 0.255 e. The number of hydrogen-bond donors (Lipinski definition) is 2. The van der Waals surface area contributed by atoms with Crippen molar-refractivity contribution in [1.82, 2.24) is 20.2 Å². The van der Waals surface area contributed by atoms with Gasteiger partial charge in [0.1, 0.15) is 5.82 Å². The van der Waals surface area contributed by atoms with Crippen LogP contribution in [0.25, 0.3) is 0 Å². The van der Waals surface area contributed by atoms with Gasteiger partial charge in [0.25, 0.3) is 5.91 Å². The molecule has 0 spiro atoms. The van der Waals surface area contributed by atoms with E-state index in [0.29, 0.717) is 23.8 Å². The van der Waals surface area contributed by atoms with Crippen molar-refractivity contribution >= 4 is 11.7 Å². The third kappa shape index (κ3) is 5.27. The number of anilines is 1. The molecule has 3 aromatic rings. The average Bonchev–Trinajstić information content (AvgIpc) is 2.81. The number of carbonyl (C=O) groups is 1. The van der Waals surface area contributed by atoms with Gasteiger partial charge in [-0.3, -0.25) is 14.7 Å². The highest BCUT2D eigenvalue weighted by Gasteiger charge is 2.22. The van der Waals surface area contributed by atoms with Gasteiger partial charge in [0, 0.05) is 31.4 Å². The van der Waals surface area contributed by atoms with E-state index in [9.17, 15) is 4.79 Å². The zero-order valence-corrected chi connectivity index (χ0v) is 17.9. The molecule has 0 aliphatic carbocycles. The molecule has 1 atom stereocenters. The van der Waals surface area contributed by atoms with Crippen LogP contribution in [0.2, 0.25) is 0 Å². The van der Waals surface area contributed by atoms with Crippen LogP contribution in [-0.2, 0) is 19.5 Å². The molecule has 3 N–H and O–H groups in total. The van der Waals surface area contributed by atoms with Gasteiger partial charge in [0.15, 0.2) is 0 Å². The van der Waals surface area contributed by atoms with Crippen LogP contribution in [0.3, 0.4) is 0 Å². The molecule has 1 aromatic carbocycles. The highest BCUT2D eigenvalue weighted by atomic mass is 16.1. The van der Waals surface area contributed by atoms with Crippen LogP contribution in [0.1, 0.15) is 52.1 Å². The van der Waals surface area contributed by atoms with E-state index in [4.69, 9.17) is 5.73 Å². The standard InChI is InChI=1S/C25H29N5O/c1-18(19-7-3-2-4-8-19)10-13-30-14-11-23-20(17-30)15-22(24(26)29-23)25(31)28-16-21-9-5-6-12-27-21/h2-9,12,15,18H,10-11,13-14,16-17H2,1H3,(H2,26,29)(H,28,31). The Morgan fingerprint density at radius 1 is 1.19 bits per heavy atom. The zero-order valence-electron chi connectivity index (χ0n) is 17.9. The van der Waals surface area contributed by atoms with E-state index in [2.05, 4.69) is 57.4 Å². The number of nitrogen functional groups attached to an aromatic ring is 1. The number of benzene rings is 1. The molecular formula is C25H29N5O. The Kier molecular flexibility index (Phi) is 6.57. The second kappa shape index (κ2) is 9.71. The van der Waals surface area contributed by atoms with Crippen molar-refractivity contribution in [2.75, 3.05) is 18.8 Å². The van der Waals surface area contributed by atoms with Gasteiger partial charge < -0.3 is 11.1 Å². The number of nitrogens with one attached hydrogen (secondary N) is 1. The normalized spacial score (nSPS) is 14.6. The number of hydrogen-bond acceptors (Lipinski definition) is 5. The Morgan fingerprint density at radius 3 is 2.77 bits per heavy atom. The molecule has 0 radical (unpaired) electrons. The molecule has 0 bridgehead atoms. The molecule has 1 aliphatic heterocycles. The topological polar surface area (TPSA) is 84.1 Å². The van der Waals surface area contributed by atoms with Gasteiger partial charge in [-0.05, 0) is 48.2 Å². The number of carbonyl (C=O) groups excluding carboxylic acids is 1. The van der Waals surface area contributed by atoms with E-state index in [1.807, 2.05) is 24.3 Å². The van der Waals surface area contributed by atoms with Crippen LogP contribution in [0.5, 0.6) is 0 Å². The summed E-state index contributed by atoms with van der Waals surface area (Å²) < 4.78 is 0. The average molecular weight is 416 g/mol. The Bertz CT molecular complexity index is 1020. The third-order valence-corrected chi connectivity index (χ3v) is 5.93. The fourth-order valence-electron chi connectivity index (χ4n) is 4.01. The summed E-state index contributed by atoms with van der Waals surface area (Å²) in [5.41, 5.74) is 10.8. The molecule has 2 aromatic heterocycles. The van der Waals surface area contributed by atoms with Gasteiger partial charge in [0.05, 0.1) is 17.8 Å². The molecule has 0 saturated carbocycles. The van der Waals surface area contributed by atoms with Gasteiger partial charge in [-0.1, -0.05) is 43.3 Å². The quantitative estimate of drug-likeness (QED) is 0.617. The van der Waals surface area contributed by atoms with Crippen molar-refractivity contribution in [1.29, 1.82) is 0 Å². The monoisotopic (exact) mass is 415 g/mol. The van der Waals surface area contributed by atoms with E-state index >= 15 is 0 Å². The number of aromatic nitrogens is 2. The lowest BCUT2D eigenvalue weighted by molar-refractivity contribution is 0.0950. The zero-order chi connectivity index (χ0) is 21.6. The highest BCUT2D eigenvalue weighted by molar-refractivity contribution is 5.98. The molecule has 1 unspecified atom stereocenters. The van der Waals surface area contributed by atoms with Crippen molar-refractivity contribution in [3.63, 3.8) is 0 Å². The van der Waals surface area contributed by atoms with Crippen LogP contribution in [0.4, 0.5) is 5.82 Å². The van der Waals surface area contributed by atoms with Crippen LogP contribution >= 0.6 is 0 Å². The predicted molar refractivity (Wildman–Crippen MR) is 123 cm³/mol. The fraction of sp³-hybridized carbons (Fsp3) is 0.320. The van der Waals surface area contributed by atoms with Crippen molar-refractivity contribution < 1.29 is 4.79 Å². The van der Waals surface area contributed by atoms with E-state index < -0.39 is 0 Å². The molecule has 160 valence electrons. The summed E-state index contributed by atoms with van der Waals surface area (Å²) >= 11 is 0. The van der Waals surface area contributed by atoms with Gasteiger partial charge in [-0.15, -0.1) is 0 Å². The van der Waals surface area contributed by atoms with Crippen molar-refractivity contribution in [2.45, 2.75) is 38.8 Å². The molecule has 31 heavy (non-hydrogen) atoms. The van der Waals surface area contributed by atoms with Crippen molar-refractivity contribution in [2.24, 2.45) is 0 Å². The van der Waals surface area contributed by atoms with E-state index in [0.717, 1.165) is 49.4 Å². The Balaban J connectivity index is 1.38. The summed E-state index contributed by atoms with van der Waals surface area (Å²) in [5.74, 6) is 0.594. The lowest BCUT2D eigenvalue weighted by Crippen LogP contribution is -2.33. The Labute approximate surface area is 183 Å². The van der Waals surface area contributed by atoms with Gasteiger partial charge >= 0.3 is 0 Å². The smallest absolute Gasteiger partial charge is 0.255 e. The van der Waals surface area contributed by atoms with Crippen LogP contribution in [0.15, 0.2) is 60.8 Å². The SMILES string of the molecule is CC(CCN1CCc2nc(N)c(C(=O)NCc3ccccn3)cc2C1)c1ccccc1. The number of nitrogens with zero attached hydrogens (tertiary/aromatic N) is 3. The van der Waals surface area contributed by atoms with Crippen LogP contribution < -0.4 is 11.1 Å². The summed E-state index contributed by atoms with van der Waals surface area (Å²) in [5, 5.41) is 2.90. The maximum absolute atomic E-state index is 12.7. The van der Waals surface area contributed by atoms with Gasteiger partial charge in [-0.2, -0.15) is 0 Å². The molecule has 0 fully saturated rings. The summed E-state index contributed by atoms with van der Waals surface area (Å²) in [6.45, 7) is 5.41. The van der Waals surface area contributed by atoms with Crippen molar-refractivity contribution in [3.8, 4) is 0 Å². The van der Waals surface area contributed by atoms with Crippen LogP contribution in [-0.4, -0.2) is 33.9 Å². The summed E-state index contributed by atoms with van der Waals surface area (Å²) in [4.78, 5) is 23.9. The maximum atomic E-state index is 12.7. The largest absolute Gasteiger partial charge is 0.383 e. The first-order chi connectivity index (χ1) is 15.1. The minimum absolute atomic E-state index is 0.215. The summed E-state index contributed by atoms with van der Waals surface area (Å²) in [7, 11) is 0. The molecule has 1 aliphatic rings. The summed E-state index contributed by atoms with van der Waals surface area (Å²) in [6, 6.07) is 18.2. The van der Waals surface area contributed by atoms with E-state index in [-0.39, 0.29) is 5.91 Å². The summed E-state index contributed by atoms with van der Waals surface area (Å²) in [6.07, 6.45) is 3.66. The lowest BCUT2D eigenvalue weighted by atomic mass is 9.96.